The lowest BCUT2D eigenvalue weighted by atomic mass is 9.80. The average Bonchev–Trinajstić information content (AvgIpc) is 2.28. The van der Waals surface area contributed by atoms with Crippen molar-refractivity contribution in [1.29, 1.82) is 0 Å². The monoisotopic (exact) mass is 250 g/mol. The highest BCUT2D eigenvalue weighted by Crippen LogP contribution is 2.34. The summed E-state index contributed by atoms with van der Waals surface area (Å²) in [6, 6.07) is 1.78. The first-order valence-electron chi connectivity index (χ1n) is 6.60. The maximum Gasteiger partial charge on any atom is 0.133 e. The summed E-state index contributed by atoms with van der Waals surface area (Å²) in [7, 11) is 1.78. The van der Waals surface area contributed by atoms with Gasteiger partial charge in [0.05, 0.1) is 5.60 Å². The minimum atomic E-state index is -0.00929. The van der Waals surface area contributed by atoms with Gasteiger partial charge in [0, 0.05) is 26.1 Å². The number of rotatable bonds is 6. The van der Waals surface area contributed by atoms with Gasteiger partial charge in [-0.05, 0) is 25.7 Å². The van der Waals surface area contributed by atoms with E-state index in [-0.39, 0.29) is 5.60 Å². The summed E-state index contributed by atoms with van der Waals surface area (Å²) >= 11 is 0. The number of aryl methyl sites for hydroxylation is 1. The zero-order valence-corrected chi connectivity index (χ0v) is 11.2. The smallest absolute Gasteiger partial charge is 0.133 e. The molecule has 1 heterocycles. The minimum absolute atomic E-state index is 0.00929. The molecule has 0 atom stereocenters. The van der Waals surface area contributed by atoms with Gasteiger partial charge in [0.15, 0.2) is 0 Å². The SMILES string of the molecule is CCCc1nc(N)cc(NCC2(OC)CCC2)n1. The van der Waals surface area contributed by atoms with Crippen molar-refractivity contribution in [1.82, 2.24) is 9.97 Å². The third kappa shape index (κ3) is 2.90. The van der Waals surface area contributed by atoms with Crippen LogP contribution in [0.1, 0.15) is 38.4 Å². The molecule has 5 nitrogen and oxygen atoms in total. The number of hydrogen-bond acceptors (Lipinski definition) is 5. The molecule has 5 heteroatoms. The molecule has 100 valence electrons. The Hall–Kier alpha value is -1.36. The first kappa shape index (κ1) is 13.1. The summed E-state index contributed by atoms with van der Waals surface area (Å²) in [6.45, 7) is 2.89. The molecule has 0 aromatic carbocycles. The molecular weight excluding hydrogens is 228 g/mol. The summed E-state index contributed by atoms with van der Waals surface area (Å²) in [5.41, 5.74) is 5.78. The predicted molar refractivity (Wildman–Crippen MR) is 72.5 cm³/mol. The molecule has 1 aliphatic carbocycles. The first-order valence-corrected chi connectivity index (χ1v) is 6.60. The molecule has 18 heavy (non-hydrogen) atoms. The zero-order valence-electron chi connectivity index (χ0n) is 11.2. The molecule has 0 spiro atoms. The van der Waals surface area contributed by atoms with Crippen molar-refractivity contribution >= 4 is 11.6 Å². The predicted octanol–water partition coefficient (Wildman–Crippen LogP) is 1.99. The molecule has 1 saturated carbocycles. The van der Waals surface area contributed by atoms with E-state index in [4.69, 9.17) is 10.5 Å². The van der Waals surface area contributed by atoms with Gasteiger partial charge in [-0.15, -0.1) is 0 Å². The van der Waals surface area contributed by atoms with Crippen molar-refractivity contribution in [3.63, 3.8) is 0 Å². The van der Waals surface area contributed by atoms with Gasteiger partial charge in [-0.3, -0.25) is 0 Å². The number of hydrogen-bond donors (Lipinski definition) is 2. The number of anilines is 2. The fourth-order valence-corrected chi connectivity index (χ4v) is 2.22. The van der Waals surface area contributed by atoms with E-state index in [0.29, 0.717) is 5.82 Å². The van der Waals surface area contributed by atoms with Crippen LogP contribution in [0.15, 0.2) is 6.07 Å². The Morgan fingerprint density at radius 3 is 2.78 bits per heavy atom. The van der Waals surface area contributed by atoms with Crippen LogP contribution in [0.25, 0.3) is 0 Å². The van der Waals surface area contributed by atoms with E-state index >= 15 is 0 Å². The van der Waals surface area contributed by atoms with Crippen LogP contribution in [0.4, 0.5) is 11.6 Å². The van der Waals surface area contributed by atoms with Crippen molar-refractivity contribution in [2.75, 3.05) is 24.7 Å². The van der Waals surface area contributed by atoms with Crippen molar-refractivity contribution in [3.8, 4) is 0 Å². The van der Waals surface area contributed by atoms with Crippen molar-refractivity contribution in [2.45, 2.75) is 44.6 Å². The number of nitrogens with one attached hydrogen (secondary N) is 1. The molecule has 0 radical (unpaired) electrons. The summed E-state index contributed by atoms with van der Waals surface area (Å²) in [6.07, 6.45) is 5.33. The zero-order chi connectivity index (χ0) is 13.0. The quantitative estimate of drug-likeness (QED) is 0.807. The van der Waals surface area contributed by atoms with Crippen LogP contribution in [-0.2, 0) is 11.2 Å². The number of nitrogens with zero attached hydrogens (tertiary/aromatic N) is 2. The topological polar surface area (TPSA) is 73.1 Å². The number of aromatic nitrogens is 2. The van der Waals surface area contributed by atoms with Gasteiger partial charge in [0.1, 0.15) is 17.5 Å². The molecule has 1 aromatic heterocycles. The van der Waals surface area contributed by atoms with Crippen molar-refractivity contribution in [2.24, 2.45) is 0 Å². The molecule has 3 N–H and O–H groups in total. The number of methoxy groups -OCH3 is 1. The second kappa shape index (κ2) is 5.52. The number of ether oxygens (including phenoxy) is 1. The summed E-state index contributed by atoms with van der Waals surface area (Å²) in [4.78, 5) is 8.68. The highest BCUT2D eigenvalue weighted by molar-refractivity contribution is 5.45. The van der Waals surface area contributed by atoms with E-state index in [2.05, 4.69) is 22.2 Å². The van der Waals surface area contributed by atoms with Crippen molar-refractivity contribution < 1.29 is 4.74 Å². The molecule has 1 aliphatic rings. The lowest BCUT2D eigenvalue weighted by Crippen LogP contribution is -2.45. The highest BCUT2D eigenvalue weighted by Gasteiger charge is 2.36. The lowest BCUT2D eigenvalue weighted by Gasteiger charge is -2.40. The van der Waals surface area contributed by atoms with Gasteiger partial charge >= 0.3 is 0 Å². The van der Waals surface area contributed by atoms with Gasteiger partial charge < -0.3 is 15.8 Å². The second-order valence-corrected chi connectivity index (χ2v) is 4.94. The second-order valence-electron chi connectivity index (χ2n) is 4.94. The molecule has 0 aliphatic heterocycles. The molecule has 0 bridgehead atoms. The normalized spacial score (nSPS) is 17.2. The van der Waals surface area contributed by atoms with Gasteiger partial charge in [0.25, 0.3) is 0 Å². The van der Waals surface area contributed by atoms with Gasteiger partial charge in [-0.1, -0.05) is 6.92 Å². The van der Waals surface area contributed by atoms with Crippen molar-refractivity contribution in [3.05, 3.63) is 11.9 Å². The molecule has 1 fully saturated rings. The van der Waals surface area contributed by atoms with Crippen LogP contribution in [0.2, 0.25) is 0 Å². The largest absolute Gasteiger partial charge is 0.384 e. The van der Waals surface area contributed by atoms with Crippen LogP contribution in [0.3, 0.4) is 0 Å². The Morgan fingerprint density at radius 2 is 2.22 bits per heavy atom. The summed E-state index contributed by atoms with van der Waals surface area (Å²) in [5, 5.41) is 3.32. The molecule has 0 saturated heterocycles. The first-order chi connectivity index (χ1) is 8.67. The van der Waals surface area contributed by atoms with E-state index in [1.165, 1.54) is 6.42 Å². The third-order valence-corrected chi connectivity index (χ3v) is 3.56. The fourth-order valence-electron chi connectivity index (χ4n) is 2.22. The highest BCUT2D eigenvalue weighted by atomic mass is 16.5. The Labute approximate surface area is 108 Å². The minimum Gasteiger partial charge on any atom is -0.384 e. The Kier molecular flexibility index (Phi) is 4.01. The summed E-state index contributed by atoms with van der Waals surface area (Å²) in [5.74, 6) is 2.13. The maximum atomic E-state index is 5.79. The van der Waals surface area contributed by atoms with Crippen LogP contribution >= 0.6 is 0 Å². The van der Waals surface area contributed by atoms with E-state index < -0.39 is 0 Å². The Balaban J connectivity index is 2.00. The number of nitrogen functional groups attached to an aromatic ring is 1. The molecule has 0 unspecified atom stereocenters. The Bertz CT molecular complexity index is 398. The third-order valence-electron chi connectivity index (χ3n) is 3.56. The van der Waals surface area contributed by atoms with Crippen LogP contribution < -0.4 is 11.1 Å². The standard InChI is InChI=1S/C13H22N4O/c1-3-5-11-16-10(14)8-12(17-11)15-9-13(18-2)6-4-7-13/h8H,3-7,9H2,1-2H3,(H3,14,15,16,17). The maximum absolute atomic E-state index is 5.79. The molecule has 2 rings (SSSR count). The van der Waals surface area contributed by atoms with E-state index in [1.54, 1.807) is 13.2 Å². The summed E-state index contributed by atoms with van der Waals surface area (Å²) < 4.78 is 5.57. The van der Waals surface area contributed by atoms with Crippen LogP contribution in [-0.4, -0.2) is 29.2 Å². The molecule has 0 amide bonds. The number of nitrogens with two attached hydrogens (primary N) is 1. The average molecular weight is 250 g/mol. The van der Waals surface area contributed by atoms with Gasteiger partial charge in [0.2, 0.25) is 0 Å². The lowest BCUT2D eigenvalue weighted by molar-refractivity contribution is -0.0601. The van der Waals surface area contributed by atoms with E-state index in [1.807, 2.05) is 0 Å². The molecular formula is C13H22N4O. The van der Waals surface area contributed by atoms with E-state index in [9.17, 15) is 0 Å². The van der Waals surface area contributed by atoms with Gasteiger partial charge in [-0.25, -0.2) is 9.97 Å². The van der Waals surface area contributed by atoms with E-state index in [0.717, 1.165) is 43.9 Å². The Morgan fingerprint density at radius 1 is 1.44 bits per heavy atom. The van der Waals surface area contributed by atoms with Crippen LogP contribution in [0.5, 0.6) is 0 Å². The van der Waals surface area contributed by atoms with Gasteiger partial charge in [-0.2, -0.15) is 0 Å². The fraction of sp³-hybridized carbons (Fsp3) is 0.692. The van der Waals surface area contributed by atoms with Crippen LogP contribution in [0, 0.1) is 0 Å². The molecule has 1 aromatic rings.